The molecule has 0 atom stereocenters. The number of aromatic nitrogens is 1. The minimum Gasteiger partial charge on any atom is -0.372 e. The van der Waals surface area contributed by atoms with Gasteiger partial charge in [-0.3, -0.25) is 14.5 Å². The van der Waals surface area contributed by atoms with Crippen molar-refractivity contribution in [2.24, 2.45) is 0 Å². The number of sulfonamides is 1. The summed E-state index contributed by atoms with van der Waals surface area (Å²) in [5.74, 6) is -1.27. The Balaban J connectivity index is 1.57. The van der Waals surface area contributed by atoms with E-state index < -0.39 is 21.7 Å². The van der Waals surface area contributed by atoms with Gasteiger partial charge in [0.25, 0.3) is 0 Å². The molecule has 8 heteroatoms. The summed E-state index contributed by atoms with van der Waals surface area (Å²) in [6.45, 7) is 2.05. The molecule has 26 heavy (non-hydrogen) atoms. The molecule has 0 saturated carbocycles. The SMILES string of the molecule is O=C(CS(=O)(=O)Nc1ccc(N2CCCCC2)cc1)Nc1cccnc1. The molecule has 0 unspecified atom stereocenters. The zero-order valence-corrected chi connectivity index (χ0v) is 15.2. The third kappa shape index (κ3) is 5.19. The van der Waals surface area contributed by atoms with Crippen molar-refractivity contribution in [3.05, 3.63) is 48.8 Å². The lowest BCUT2D eigenvalue weighted by Gasteiger charge is -2.28. The smallest absolute Gasteiger partial charge is 0.241 e. The Kier molecular flexibility index (Phi) is 5.72. The van der Waals surface area contributed by atoms with Gasteiger partial charge in [-0.2, -0.15) is 0 Å². The first kappa shape index (κ1) is 18.2. The van der Waals surface area contributed by atoms with E-state index in [4.69, 9.17) is 0 Å². The summed E-state index contributed by atoms with van der Waals surface area (Å²) in [5.41, 5.74) is 1.99. The summed E-state index contributed by atoms with van der Waals surface area (Å²) >= 11 is 0. The average Bonchev–Trinajstić information content (AvgIpc) is 2.63. The van der Waals surface area contributed by atoms with E-state index in [0.717, 1.165) is 18.8 Å². The molecular weight excluding hydrogens is 352 g/mol. The normalized spacial score (nSPS) is 14.7. The molecule has 1 aliphatic rings. The number of piperidine rings is 1. The fourth-order valence-corrected chi connectivity index (χ4v) is 3.90. The molecule has 0 aliphatic carbocycles. The Hall–Kier alpha value is -2.61. The summed E-state index contributed by atoms with van der Waals surface area (Å²) in [6, 6.07) is 10.6. The van der Waals surface area contributed by atoms with E-state index in [-0.39, 0.29) is 0 Å². The van der Waals surface area contributed by atoms with Crippen molar-refractivity contribution in [1.82, 2.24) is 4.98 Å². The first-order chi connectivity index (χ1) is 12.5. The second kappa shape index (κ2) is 8.18. The van der Waals surface area contributed by atoms with Gasteiger partial charge in [0, 0.05) is 30.7 Å². The summed E-state index contributed by atoms with van der Waals surface area (Å²) in [4.78, 5) is 18.1. The maximum Gasteiger partial charge on any atom is 0.241 e. The van der Waals surface area contributed by atoms with Crippen LogP contribution in [0, 0.1) is 0 Å². The monoisotopic (exact) mass is 374 g/mol. The fraction of sp³-hybridized carbons (Fsp3) is 0.333. The van der Waals surface area contributed by atoms with Gasteiger partial charge < -0.3 is 10.2 Å². The van der Waals surface area contributed by atoms with E-state index >= 15 is 0 Å². The molecular formula is C18H22N4O3S. The summed E-state index contributed by atoms with van der Waals surface area (Å²) < 4.78 is 26.8. The van der Waals surface area contributed by atoms with Crippen LogP contribution >= 0.6 is 0 Å². The fourth-order valence-electron chi connectivity index (χ4n) is 2.91. The van der Waals surface area contributed by atoms with Gasteiger partial charge in [0.05, 0.1) is 11.9 Å². The molecule has 1 saturated heterocycles. The van der Waals surface area contributed by atoms with Gasteiger partial charge in [0.15, 0.2) is 0 Å². The number of carbonyl (C=O) groups is 1. The molecule has 2 aromatic rings. The van der Waals surface area contributed by atoms with Gasteiger partial charge in [-0.25, -0.2) is 8.42 Å². The summed E-state index contributed by atoms with van der Waals surface area (Å²) in [7, 11) is -3.79. The standard InChI is InChI=1S/C18H22N4O3S/c23-18(20-16-5-4-10-19-13-16)14-26(24,25)21-15-6-8-17(9-7-15)22-11-2-1-3-12-22/h4-10,13,21H,1-3,11-12,14H2,(H,20,23). The van der Waals surface area contributed by atoms with Gasteiger partial charge in [-0.05, 0) is 55.7 Å². The Morgan fingerprint density at radius 2 is 1.77 bits per heavy atom. The Morgan fingerprint density at radius 3 is 2.42 bits per heavy atom. The Morgan fingerprint density at radius 1 is 1.04 bits per heavy atom. The molecule has 7 nitrogen and oxygen atoms in total. The maximum absolute atomic E-state index is 12.2. The maximum atomic E-state index is 12.2. The molecule has 0 radical (unpaired) electrons. The predicted octanol–water partition coefficient (Wildman–Crippen LogP) is 2.45. The first-order valence-electron chi connectivity index (χ1n) is 8.57. The number of carbonyl (C=O) groups excluding carboxylic acids is 1. The third-order valence-corrected chi connectivity index (χ3v) is 5.32. The number of amides is 1. The Labute approximate surface area is 153 Å². The second-order valence-corrected chi connectivity index (χ2v) is 7.97. The van der Waals surface area contributed by atoms with Crippen molar-refractivity contribution in [1.29, 1.82) is 0 Å². The molecule has 1 amide bonds. The topological polar surface area (TPSA) is 91.4 Å². The van der Waals surface area contributed by atoms with Crippen molar-refractivity contribution in [3.8, 4) is 0 Å². The summed E-state index contributed by atoms with van der Waals surface area (Å²) in [5, 5.41) is 2.51. The number of nitrogens with one attached hydrogen (secondary N) is 2. The van der Waals surface area contributed by atoms with Gasteiger partial charge in [-0.15, -0.1) is 0 Å². The zero-order valence-electron chi connectivity index (χ0n) is 14.4. The van der Waals surface area contributed by atoms with Crippen molar-refractivity contribution in [3.63, 3.8) is 0 Å². The van der Waals surface area contributed by atoms with Crippen LogP contribution in [0.4, 0.5) is 17.1 Å². The van der Waals surface area contributed by atoms with E-state index in [0.29, 0.717) is 11.4 Å². The highest BCUT2D eigenvalue weighted by atomic mass is 32.2. The van der Waals surface area contributed by atoms with Crippen LogP contribution < -0.4 is 14.9 Å². The molecule has 1 fully saturated rings. The summed E-state index contributed by atoms with van der Waals surface area (Å²) in [6.07, 6.45) is 6.65. The van der Waals surface area contributed by atoms with E-state index in [9.17, 15) is 13.2 Å². The van der Waals surface area contributed by atoms with Crippen LogP contribution in [0.15, 0.2) is 48.8 Å². The number of rotatable bonds is 6. The number of anilines is 3. The second-order valence-electron chi connectivity index (χ2n) is 6.25. The molecule has 0 bridgehead atoms. The highest BCUT2D eigenvalue weighted by Gasteiger charge is 2.17. The lowest BCUT2D eigenvalue weighted by Crippen LogP contribution is -2.29. The van der Waals surface area contributed by atoms with Crippen molar-refractivity contribution in [2.45, 2.75) is 19.3 Å². The quantitative estimate of drug-likeness (QED) is 0.810. The van der Waals surface area contributed by atoms with Crippen LogP contribution in [-0.4, -0.2) is 38.2 Å². The van der Waals surface area contributed by atoms with Gasteiger partial charge in [0.1, 0.15) is 5.75 Å². The predicted molar refractivity (Wildman–Crippen MR) is 103 cm³/mol. The number of pyridine rings is 1. The minimum absolute atomic E-state index is 0.444. The van der Waals surface area contributed by atoms with E-state index in [1.807, 2.05) is 12.1 Å². The van der Waals surface area contributed by atoms with E-state index in [1.165, 1.54) is 25.5 Å². The number of hydrogen-bond acceptors (Lipinski definition) is 5. The van der Waals surface area contributed by atoms with E-state index in [2.05, 4.69) is 19.9 Å². The lowest BCUT2D eigenvalue weighted by atomic mass is 10.1. The molecule has 2 N–H and O–H groups in total. The number of hydrogen-bond donors (Lipinski definition) is 2. The minimum atomic E-state index is -3.79. The highest BCUT2D eigenvalue weighted by molar-refractivity contribution is 7.93. The molecule has 3 rings (SSSR count). The van der Waals surface area contributed by atoms with Gasteiger partial charge in [0.2, 0.25) is 15.9 Å². The van der Waals surface area contributed by atoms with E-state index in [1.54, 1.807) is 30.5 Å². The van der Waals surface area contributed by atoms with Crippen LogP contribution in [0.25, 0.3) is 0 Å². The van der Waals surface area contributed by atoms with Gasteiger partial charge >= 0.3 is 0 Å². The van der Waals surface area contributed by atoms with Crippen LogP contribution in [0.2, 0.25) is 0 Å². The average molecular weight is 374 g/mol. The van der Waals surface area contributed by atoms with Gasteiger partial charge in [-0.1, -0.05) is 0 Å². The molecule has 1 aliphatic heterocycles. The third-order valence-electron chi connectivity index (χ3n) is 4.13. The van der Waals surface area contributed by atoms with Crippen molar-refractivity contribution >= 4 is 33.0 Å². The number of benzene rings is 1. The highest BCUT2D eigenvalue weighted by Crippen LogP contribution is 2.22. The van der Waals surface area contributed by atoms with Crippen LogP contribution in [0.5, 0.6) is 0 Å². The van der Waals surface area contributed by atoms with Crippen molar-refractivity contribution in [2.75, 3.05) is 33.8 Å². The van der Waals surface area contributed by atoms with Crippen LogP contribution in [0.1, 0.15) is 19.3 Å². The first-order valence-corrected chi connectivity index (χ1v) is 10.2. The largest absolute Gasteiger partial charge is 0.372 e. The molecule has 1 aromatic carbocycles. The molecule has 0 spiro atoms. The molecule has 138 valence electrons. The molecule has 1 aromatic heterocycles. The number of nitrogens with zero attached hydrogens (tertiary/aromatic N) is 2. The lowest BCUT2D eigenvalue weighted by molar-refractivity contribution is -0.113. The van der Waals surface area contributed by atoms with Crippen molar-refractivity contribution < 1.29 is 13.2 Å². The van der Waals surface area contributed by atoms with Crippen LogP contribution in [-0.2, 0) is 14.8 Å². The molecule has 2 heterocycles. The zero-order chi connectivity index (χ0) is 18.4. The Bertz CT molecular complexity index is 832. The van der Waals surface area contributed by atoms with Crippen LogP contribution in [0.3, 0.4) is 0 Å².